The van der Waals surface area contributed by atoms with Gasteiger partial charge in [-0.25, -0.2) is 9.97 Å². The maximum atomic E-state index is 10.5. The van der Waals surface area contributed by atoms with Gasteiger partial charge in [-0.3, -0.25) is 4.79 Å². The minimum absolute atomic E-state index is 0.681. The van der Waals surface area contributed by atoms with Crippen molar-refractivity contribution in [2.24, 2.45) is 0 Å². The zero-order chi connectivity index (χ0) is 9.42. The van der Waals surface area contributed by atoms with Crippen LogP contribution in [0, 0.1) is 13.8 Å². The lowest BCUT2D eigenvalue weighted by molar-refractivity contribution is 0.112. The molecule has 0 fully saturated rings. The number of hydrogen-bond donors (Lipinski definition) is 0. The van der Waals surface area contributed by atoms with Crippen molar-refractivity contribution in [2.75, 3.05) is 0 Å². The van der Waals surface area contributed by atoms with Gasteiger partial charge in [0, 0.05) is 0 Å². The highest BCUT2D eigenvalue weighted by Gasteiger charge is 2.05. The molecule has 0 unspecified atom stereocenters. The van der Waals surface area contributed by atoms with E-state index in [-0.39, 0.29) is 0 Å². The Morgan fingerprint density at radius 2 is 2.00 bits per heavy atom. The van der Waals surface area contributed by atoms with Gasteiger partial charge in [-0.1, -0.05) is 0 Å². The summed E-state index contributed by atoms with van der Waals surface area (Å²) in [6.45, 7) is 3.84. The van der Waals surface area contributed by atoms with E-state index >= 15 is 0 Å². The Kier molecular flexibility index (Phi) is 1.84. The number of hydrogen-bond acceptors (Lipinski definition) is 4. The Morgan fingerprint density at radius 3 is 2.69 bits per heavy atom. The van der Waals surface area contributed by atoms with E-state index in [9.17, 15) is 4.79 Å². The molecule has 0 atom stereocenters. The largest absolute Gasteiger partial charge is 0.297 e. The lowest BCUT2D eigenvalue weighted by atomic mass is 10.3. The molecule has 0 bridgehead atoms. The van der Waals surface area contributed by atoms with Gasteiger partial charge in [-0.2, -0.15) is 0 Å². The lowest BCUT2D eigenvalue weighted by Gasteiger charge is -1.95. The first-order valence-corrected chi connectivity index (χ1v) is 4.72. The minimum atomic E-state index is 0.681. The number of thiophene rings is 1. The molecule has 4 heteroatoms. The number of carbonyl (C=O) groups is 1. The molecule has 3 nitrogen and oxygen atoms in total. The minimum Gasteiger partial charge on any atom is -0.297 e. The lowest BCUT2D eigenvalue weighted by Crippen LogP contribution is -1.89. The molecule has 2 rings (SSSR count). The van der Waals surface area contributed by atoms with Gasteiger partial charge in [0.15, 0.2) is 6.29 Å². The smallest absolute Gasteiger partial charge is 0.160 e. The summed E-state index contributed by atoms with van der Waals surface area (Å²) in [5.41, 5.74) is 2.66. The van der Waals surface area contributed by atoms with Crippen molar-refractivity contribution < 1.29 is 4.79 Å². The summed E-state index contributed by atoms with van der Waals surface area (Å²) < 4.78 is 0. The average Bonchev–Trinajstić information content (AvgIpc) is 2.48. The Morgan fingerprint density at radius 1 is 1.31 bits per heavy atom. The fourth-order valence-electron chi connectivity index (χ4n) is 1.10. The van der Waals surface area contributed by atoms with Crippen LogP contribution in [0.25, 0.3) is 10.3 Å². The molecule has 0 aliphatic rings. The Labute approximate surface area is 79.4 Å². The fraction of sp³-hybridized carbons (Fsp3) is 0.222. The van der Waals surface area contributed by atoms with E-state index in [2.05, 4.69) is 9.97 Å². The first-order chi connectivity index (χ1) is 6.20. The standard InChI is InChI=1S/C9H8N2OS/c1-5-6(2)11-9-8(10-5)3-7(4-12)13-9/h3-4H,1-2H3. The number of aldehydes is 1. The molecule has 0 aliphatic heterocycles. The molecule has 0 saturated heterocycles. The van der Waals surface area contributed by atoms with E-state index in [1.54, 1.807) is 6.07 Å². The number of aryl methyl sites for hydroxylation is 2. The Hall–Kier alpha value is -1.29. The predicted molar refractivity (Wildman–Crippen MR) is 52.3 cm³/mol. The average molecular weight is 192 g/mol. The van der Waals surface area contributed by atoms with Gasteiger partial charge in [-0.15, -0.1) is 11.3 Å². The summed E-state index contributed by atoms with van der Waals surface area (Å²) in [5.74, 6) is 0. The van der Waals surface area contributed by atoms with E-state index in [0.717, 1.165) is 28.0 Å². The molecule has 2 heterocycles. The molecule has 13 heavy (non-hydrogen) atoms. The van der Waals surface area contributed by atoms with Gasteiger partial charge < -0.3 is 0 Å². The van der Waals surface area contributed by atoms with Crippen molar-refractivity contribution in [3.63, 3.8) is 0 Å². The molecule has 0 spiro atoms. The monoisotopic (exact) mass is 192 g/mol. The Balaban J connectivity index is 2.77. The summed E-state index contributed by atoms with van der Waals surface area (Å²) in [6, 6.07) is 1.77. The SMILES string of the molecule is Cc1nc2cc(C=O)sc2nc1C. The van der Waals surface area contributed by atoms with E-state index in [4.69, 9.17) is 0 Å². The van der Waals surface area contributed by atoms with Gasteiger partial charge in [0.1, 0.15) is 10.3 Å². The molecular weight excluding hydrogens is 184 g/mol. The van der Waals surface area contributed by atoms with Crippen molar-refractivity contribution in [2.45, 2.75) is 13.8 Å². The molecule has 2 aromatic rings. The molecule has 66 valence electrons. The third-order valence-electron chi connectivity index (χ3n) is 1.91. The van der Waals surface area contributed by atoms with E-state index in [0.29, 0.717) is 4.88 Å². The number of nitrogens with zero attached hydrogens (tertiary/aromatic N) is 2. The quantitative estimate of drug-likeness (QED) is 0.650. The van der Waals surface area contributed by atoms with Crippen molar-refractivity contribution in [1.82, 2.24) is 9.97 Å². The van der Waals surface area contributed by atoms with Crippen LogP contribution in [0.5, 0.6) is 0 Å². The van der Waals surface area contributed by atoms with Crippen LogP contribution in [0.2, 0.25) is 0 Å². The van der Waals surface area contributed by atoms with Crippen LogP contribution in [0.1, 0.15) is 21.1 Å². The van der Waals surface area contributed by atoms with Crippen LogP contribution in [-0.4, -0.2) is 16.3 Å². The molecule has 0 aromatic carbocycles. The second kappa shape index (κ2) is 2.88. The Bertz CT molecular complexity index is 437. The maximum Gasteiger partial charge on any atom is 0.160 e. The molecular formula is C9H8N2OS. The molecule has 0 N–H and O–H groups in total. The van der Waals surface area contributed by atoms with E-state index < -0.39 is 0 Å². The van der Waals surface area contributed by atoms with Crippen LogP contribution in [0.15, 0.2) is 6.07 Å². The van der Waals surface area contributed by atoms with Crippen LogP contribution < -0.4 is 0 Å². The highest BCUT2D eigenvalue weighted by Crippen LogP contribution is 2.21. The van der Waals surface area contributed by atoms with Crippen molar-refractivity contribution in [3.05, 3.63) is 22.3 Å². The maximum absolute atomic E-state index is 10.5. The molecule has 0 amide bonds. The highest BCUT2D eigenvalue weighted by atomic mass is 32.1. The van der Waals surface area contributed by atoms with Crippen molar-refractivity contribution in [3.8, 4) is 0 Å². The summed E-state index contributed by atoms with van der Waals surface area (Å²) in [4.78, 5) is 20.7. The molecule has 0 radical (unpaired) electrons. The topological polar surface area (TPSA) is 42.9 Å². The van der Waals surface area contributed by atoms with Gasteiger partial charge >= 0.3 is 0 Å². The van der Waals surface area contributed by atoms with E-state index in [1.807, 2.05) is 13.8 Å². The summed E-state index contributed by atoms with van der Waals surface area (Å²) in [6.07, 6.45) is 0.832. The fourth-order valence-corrected chi connectivity index (χ4v) is 1.94. The van der Waals surface area contributed by atoms with E-state index in [1.165, 1.54) is 11.3 Å². The zero-order valence-corrected chi connectivity index (χ0v) is 8.18. The van der Waals surface area contributed by atoms with Gasteiger partial charge in [0.05, 0.1) is 16.3 Å². The first kappa shape index (κ1) is 8.31. The van der Waals surface area contributed by atoms with Crippen LogP contribution in [-0.2, 0) is 0 Å². The van der Waals surface area contributed by atoms with Gasteiger partial charge in [-0.05, 0) is 19.9 Å². The van der Waals surface area contributed by atoms with Crippen LogP contribution in [0.4, 0.5) is 0 Å². The summed E-state index contributed by atoms with van der Waals surface area (Å²) in [7, 11) is 0. The summed E-state index contributed by atoms with van der Waals surface area (Å²) >= 11 is 1.38. The van der Waals surface area contributed by atoms with Crippen LogP contribution in [0.3, 0.4) is 0 Å². The zero-order valence-electron chi connectivity index (χ0n) is 7.37. The number of carbonyl (C=O) groups excluding carboxylic acids is 1. The first-order valence-electron chi connectivity index (χ1n) is 3.90. The normalized spacial score (nSPS) is 10.6. The second-order valence-electron chi connectivity index (χ2n) is 2.85. The van der Waals surface area contributed by atoms with Gasteiger partial charge in [0.25, 0.3) is 0 Å². The highest BCUT2D eigenvalue weighted by molar-refractivity contribution is 7.20. The number of rotatable bonds is 1. The third-order valence-corrected chi connectivity index (χ3v) is 2.85. The third kappa shape index (κ3) is 1.33. The van der Waals surface area contributed by atoms with Crippen LogP contribution >= 0.6 is 11.3 Å². The van der Waals surface area contributed by atoms with Crippen molar-refractivity contribution >= 4 is 28.0 Å². The molecule has 2 aromatic heterocycles. The molecule has 0 saturated carbocycles. The second-order valence-corrected chi connectivity index (χ2v) is 3.91. The van der Waals surface area contributed by atoms with Gasteiger partial charge in [0.2, 0.25) is 0 Å². The number of aromatic nitrogens is 2. The van der Waals surface area contributed by atoms with Crippen molar-refractivity contribution in [1.29, 1.82) is 0 Å². The predicted octanol–water partition coefficient (Wildman–Crippen LogP) is 2.12. The number of fused-ring (bicyclic) bond motifs is 1. The summed E-state index contributed by atoms with van der Waals surface area (Å²) in [5, 5.41) is 0. The molecule has 0 aliphatic carbocycles.